The molecule has 0 spiro atoms. The summed E-state index contributed by atoms with van der Waals surface area (Å²) in [5.41, 5.74) is 2.48. The second-order valence-corrected chi connectivity index (χ2v) is 6.42. The summed E-state index contributed by atoms with van der Waals surface area (Å²) in [6.45, 7) is 2.06. The minimum atomic E-state index is 1.02. The Hall–Kier alpha value is -1.32. The predicted octanol–water partition coefficient (Wildman–Crippen LogP) is 4.90. The molecule has 0 aliphatic rings. The van der Waals surface area contributed by atoms with Crippen molar-refractivity contribution < 1.29 is 0 Å². The lowest BCUT2D eigenvalue weighted by Gasteiger charge is -2.01. The maximum absolute atomic E-state index is 4.48. The summed E-state index contributed by atoms with van der Waals surface area (Å²) in [5.74, 6) is 1.02. The first-order valence-electron chi connectivity index (χ1n) is 5.85. The summed E-state index contributed by atoms with van der Waals surface area (Å²) in [4.78, 5) is 5.80. The molecule has 0 radical (unpaired) electrons. The minimum absolute atomic E-state index is 1.02. The number of fused-ring (bicyclic) bond motifs is 1. The minimum Gasteiger partial charge on any atom is -0.242 e. The molecule has 90 valence electrons. The highest BCUT2D eigenvalue weighted by Gasteiger charge is 2.02. The van der Waals surface area contributed by atoms with Crippen molar-refractivity contribution in [2.75, 3.05) is 0 Å². The first kappa shape index (κ1) is 11.8. The van der Waals surface area contributed by atoms with Crippen LogP contribution in [-0.4, -0.2) is 4.98 Å². The van der Waals surface area contributed by atoms with Gasteiger partial charge in [0.15, 0.2) is 0 Å². The predicted molar refractivity (Wildman–Crippen MR) is 80.4 cm³/mol. The van der Waals surface area contributed by atoms with Crippen LogP contribution in [0.1, 0.15) is 10.6 Å². The number of thiazole rings is 1. The second-order valence-electron chi connectivity index (χ2n) is 4.14. The van der Waals surface area contributed by atoms with E-state index < -0.39 is 0 Å². The Morgan fingerprint density at radius 3 is 2.78 bits per heavy atom. The fraction of sp³-hybridized carbons (Fsp3) is 0.133. The zero-order valence-corrected chi connectivity index (χ0v) is 11.7. The Kier molecular flexibility index (Phi) is 3.35. The molecule has 0 aliphatic carbocycles. The van der Waals surface area contributed by atoms with E-state index in [1.54, 1.807) is 11.3 Å². The molecule has 0 saturated carbocycles. The van der Waals surface area contributed by atoms with Crippen LogP contribution in [0.15, 0.2) is 53.4 Å². The molecule has 2 aromatic carbocycles. The number of hydrogen-bond donors (Lipinski definition) is 0. The van der Waals surface area contributed by atoms with Crippen LogP contribution in [0.5, 0.6) is 0 Å². The van der Waals surface area contributed by atoms with Crippen molar-refractivity contribution in [3.8, 4) is 0 Å². The van der Waals surface area contributed by atoms with Gasteiger partial charge in [-0.2, -0.15) is 0 Å². The largest absolute Gasteiger partial charge is 0.242 e. The number of aryl methyl sites for hydroxylation is 1. The molecule has 3 heteroatoms. The molecule has 0 unspecified atom stereocenters. The molecular weight excluding hydrogens is 258 g/mol. The van der Waals surface area contributed by atoms with Gasteiger partial charge in [0.1, 0.15) is 0 Å². The summed E-state index contributed by atoms with van der Waals surface area (Å²) < 4.78 is 1.28. The maximum atomic E-state index is 4.48. The molecule has 1 heterocycles. The van der Waals surface area contributed by atoms with Crippen LogP contribution in [0.3, 0.4) is 0 Å². The van der Waals surface area contributed by atoms with E-state index in [4.69, 9.17) is 0 Å². The molecule has 0 N–H and O–H groups in total. The quantitative estimate of drug-likeness (QED) is 0.629. The molecule has 0 amide bonds. The van der Waals surface area contributed by atoms with Gasteiger partial charge in [-0.25, -0.2) is 4.98 Å². The van der Waals surface area contributed by atoms with Crippen molar-refractivity contribution in [1.82, 2.24) is 4.98 Å². The second kappa shape index (κ2) is 5.12. The number of thioether (sulfide) groups is 1. The third-order valence-electron chi connectivity index (χ3n) is 2.72. The highest BCUT2D eigenvalue weighted by molar-refractivity contribution is 7.98. The number of hydrogen-bond acceptors (Lipinski definition) is 3. The number of aromatic nitrogens is 1. The average Bonchev–Trinajstić information content (AvgIpc) is 2.77. The molecule has 3 rings (SSSR count). The van der Waals surface area contributed by atoms with Crippen molar-refractivity contribution in [3.63, 3.8) is 0 Å². The summed E-state index contributed by atoms with van der Waals surface area (Å²) in [6, 6.07) is 17.1. The van der Waals surface area contributed by atoms with Gasteiger partial charge < -0.3 is 0 Å². The molecule has 18 heavy (non-hydrogen) atoms. The maximum Gasteiger partial charge on any atom is 0.0907 e. The van der Waals surface area contributed by atoms with Crippen LogP contribution in [0, 0.1) is 6.92 Å². The van der Waals surface area contributed by atoms with E-state index in [9.17, 15) is 0 Å². The molecule has 1 aromatic heterocycles. The SMILES string of the molecule is Cc1nc2ccc(SCc3ccccc3)cc2s1. The molecule has 0 fully saturated rings. The van der Waals surface area contributed by atoms with Gasteiger partial charge >= 0.3 is 0 Å². The lowest BCUT2D eigenvalue weighted by molar-refractivity contribution is 1.34. The van der Waals surface area contributed by atoms with Crippen molar-refractivity contribution >= 4 is 33.3 Å². The van der Waals surface area contributed by atoms with Gasteiger partial charge in [0, 0.05) is 10.6 Å². The van der Waals surface area contributed by atoms with Gasteiger partial charge in [-0.15, -0.1) is 23.1 Å². The molecule has 1 nitrogen and oxygen atoms in total. The van der Waals surface area contributed by atoms with E-state index in [1.165, 1.54) is 15.2 Å². The molecule has 0 bridgehead atoms. The zero-order chi connectivity index (χ0) is 12.4. The fourth-order valence-corrected chi connectivity index (χ4v) is 3.68. The topological polar surface area (TPSA) is 12.9 Å². The Balaban J connectivity index is 1.78. The van der Waals surface area contributed by atoms with Crippen molar-refractivity contribution in [2.45, 2.75) is 17.6 Å². The van der Waals surface area contributed by atoms with Gasteiger partial charge in [0.2, 0.25) is 0 Å². The third kappa shape index (κ3) is 2.57. The monoisotopic (exact) mass is 271 g/mol. The highest BCUT2D eigenvalue weighted by atomic mass is 32.2. The van der Waals surface area contributed by atoms with E-state index in [0.717, 1.165) is 16.3 Å². The number of nitrogens with zero attached hydrogens (tertiary/aromatic N) is 1. The van der Waals surface area contributed by atoms with Crippen LogP contribution < -0.4 is 0 Å². The first-order chi connectivity index (χ1) is 8.81. The van der Waals surface area contributed by atoms with Crippen molar-refractivity contribution in [2.24, 2.45) is 0 Å². The van der Waals surface area contributed by atoms with E-state index >= 15 is 0 Å². The zero-order valence-electron chi connectivity index (χ0n) is 10.1. The van der Waals surface area contributed by atoms with Crippen LogP contribution in [0.4, 0.5) is 0 Å². The van der Waals surface area contributed by atoms with Gasteiger partial charge in [-0.05, 0) is 30.7 Å². The van der Waals surface area contributed by atoms with Gasteiger partial charge in [-0.1, -0.05) is 30.3 Å². The Bertz CT molecular complexity index is 659. The van der Waals surface area contributed by atoms with Gasteiger partial charge in [-0.3, -0.25) is 0 Å². The normalized spacial score (nSPS) is 10.9. The fourth-order valence-electron chi connectivity index (χ4n) is 1.85. The van der Waals surface area contributed by atoms with E-state index in [1.807, 2.05) is 11.8 Å². The van der Waals surface area contributed by atoms with Crippen LogP contribution in [0.25, 0.3) is 10.2 Å². The summed E-state index contributed by atoms with van der Waals surface area (Å²) in [5, 5.41) is 1.13. The summed E-state index contributed by atoms with van der Waals surface area (Å²) in [6.07, 6.45) is 0. The number of benzene rings is 2. The smallest absolute Gasteiger partial charge is 0.0907 e. The molecular formula is C15H13NS2. The molecule has 0 atom stereocenters. The third-order valence-corrected chi connectivity index (χ3v) is 4.71. The summed E-state index contributed by atoms with van der Waals surface area (Å²) in [7, 11) is 0. The van der Waals surface area contributed by atoms with Crippen LogP contribution >= 0.6 is 23.1 Å². The molecule has 0 aliphatic heterocycles. The van der Waals surface area contributed by atoms with E-state index in [2.05, 4.69) is 60.4 Å². The molecule has 0 saturated heterocycles. The standard InChI is InChI=1S/C15H13NS2/c1-11-16-14-8-7-13(9-15(14)18-11)17-10-12-5-3-2-4-6-12/h2-9H,10H2,1H3. The summed E-state index contributed by atoms with van der Waals surface area (Å²) >= 11 is 3.64. The van der Waals surface area contributed by atoms with Gasteiger partial charge in [0.25, 0.3) is 0 Å². The lowest BCUT2D eigenvalue weighted by atomic mass is 10.2. The van der Waals surface area contributed by atoms with Gasteiger partial charge in [0.05, 0.1) is 15.2 Å². The lowest BCUT2D eigenvalue weighted by Crippen LogP contribution is -1.79. The van der Waals surface area contributed by atoms with Crippen LogP contribution in [-0.2, 0) is 5.75 Å². The van der Waals surface area contributed by atoms with Crippen LogP contribution in [0.2, 0.25) is 0 Å². The first-order valence-corrected chi connectivity index (χ1v) is 7.65. The van der Waals surface area contributed by atoms with Crippen molar-refractivity contribution in [3.05, 3.63) is 59.1 Å². The van der Waals surface area contributed by atoms with Crippen molar-refractivity contribution in [1.29, 1.82) is 0 Å². The van der Waals surface area contributed by atoms with E-state index in [-0.39, 0.29) is 0 Å². The van der Waals surface area contributed by atoms with E-state index in [0.29, 0.717) is 0 Å². The highest BCUT2D eigenvalue weighted by Crippen LogP contribution is 2.29. The Labute approximate surface area is 115 Å². The molecule has 3 aromatic rings. The Morgan fingerprint density at radius 1 is 1.11 bits per heavy atom. The number of rotatable bonds is 3. The Morgan fingerprint density at radius 2 is 1.94 bits per heavy atom. The average molecular weight is 271 g/mol.